The van der Waals surface area contributed by atoms with Crippen molar-refractivity contribution in [2.75, 3.05) is 7.11 Å². The number of alkyl halides is 3. The smallest absolute Gasteiger partial charge is 0.361 e. The quantitative estimate of drug-likeness (QED) is 0.795. The summed E-state index contributed by atoms with van der Waals surface area (Å²) in [6.45, 7) is 1.28. The molecule has 122 valence electrons. The van der Waals surface area contributed by atoms with Crippen LogP contribution in [0.25, 0.3) is 0 Å². The van der Waals surface area contributed by atoms with Gasteiger partial charge < -0.3 is 4.74 Å². The molecule has 0 spiro atoms. The number of ketones is 1. The van der Waals surface area contributed by atoms with Crippen molar-refractivity contribution < 1.29 is 22.7 Å². The number of Topliss-reactive ketones (excluding diaryl/α,β-unsaturated/α-hetero) is 1. The molecular weight excluding hydrogens is 329 g/mol. The first-order valence-electron chi connectivity index (χ1n) is 6.72. The number of benzene rings is 2. The summed E-state index contributed by atoms with van der Waals surface area (Å²) in [7, 11) is 1.29. The molecule has 0 fully saturated rings. The molecule has 0 aromatic heterocycles. The fourth-order valence-corrected chi connectivity index (χ4v) is 2.68. The van der Waals surface area contributed by atoms with Crippen molar-refractivity contribution in [2.45, 2.75) is 18.7 Å². The molecule has 1 unspecified atom stereocenters. The van der Waals surface area contributed by atoms with Gasteiger partial charge in [0.15, 0.2) is 11.4 Å². The Labute approximate surface area is 136 Å². The minimum absolute atomic E-state index is 0.115. The molecule has 23 heavy (non-hydrogen) atoms. The third-order valence-electron chi connectivity index (χ3n) is 3.65. The third-order valence-corrected chi connectivity index (χ3v) is 3.90. The predicted octanol–water partition coefficient (Wildman–Crippen LogP) is 4.84. The summed E-state index contributed by atoms with van der Waals surface area (Å²) in [4.78, 5) is 12.3. The Morgan fingerprint density at radius 1 is 1.00 bits per heavy atom. The first kappa shape index (κ1) is 17.5. The second kappa shape index (κ2) is 6.34. The third kappa shape index (κ3) is 3.26. The van der Waals surface area contributed by atoms with Crippen molar-refractivity contribution in [1.29, 1.82) is 0 Å². The monoisotopic (exact) mass is 342 g/mol. The number of rotatable bonds is 4. The first-order valence-corrected chi connectivity index (χ1v) is 7.09. The second-order valence-corrected chi connectivity index (χ2v) is 5.46. The fourth-order valence-electron chi connectivity index (χ4n) is 2.55. The summed E-state index contributed by atoms with van der Waals surface area (Å²) >= 11 is 5.84. The highest BCUT2D eigenvalue weighted by Gasteiger charge is 2.41. The van der Waals surface area contributed by atoms with Gasteiger partial charge in [0.1, 0.15) is 0 Å². The van der Waals surface area contributed by atoms with Crippen molar-refractivity contribution in [3.05, 3.63) is 70.2 Å². The maximum atomic E-state index is 13.0. The zero-order chi connectivity index (χ0) is 17.3. The number of ether oxygens (including phenoxy) is 1. The minimum Gasteiger partial charge on any atom is -0.361 e. The molecule has 6 heteroatoms. The Morgan fingerprint density at radius 2 is 1.57 bits per heavy atom. The van der Waals surface area contributed by atoms with Gasteiger partial charge in [0.05, 0.1) is 5.56 Å². The summed E-state index contributed by atoms with van der Waals surface area (Å²) in [5.74, 6) is -0.429. The van der Waals surface area contributed by atoms with Crippen molar-refractivity contribution in [1.82, 2.24) is 0 Å². The molecule has 2 nitrogen and oxygen atoms in total. The molecule has 0 heterocycles. The number of carbonyl (C=O) groups excluding carboxylic acids is 1. The molecular formula is C17H14ClF3O2. The lowest BCUT2D eigenvalue weighted by molar-refractivity contribution is -0.139. The first-order chi connectivity index (χ1) is 10.7. The summed E-state index contributed by atoms with van der Waals surface area (Å²) in [5.41, 5.74) is -1.93. The molecule has 0 aliphatic heterocycles. The molecule has 0 radical (unpaired) electrons. The molecule has 0 saturated heterocycles. The molecule has 0 bridgehead atoms. The van der Waals surface area contributed by atoms with Crippen LogP contribution in [0, 0.1) is 0 Å². The summed E-state index contributed by atoms with van der Waals surface area (Å²) in [6, 6.07) is 10.8. The molecule has 2 rings (SSSR count). The Kier molecular flexibility index (Phi) is 4.82. The van der Waals surface area contributed by atoms with Crippen molar-refractivity contribution in [3.8, 4) is 0 Å². The Bertz CT molecular complexity index is 711. The second-order valence-electron chi connectivity index (χ2n) is 5.03. The zero-order valence-corrected chi connectivity index (χ0v) is 13.2. The van der Waals surface area contributed by atoms with Crippen LogP contribution in [0.4, 0.5) is 13.2 Å². The van der Waals surface area contributed by atoms with Crippen molar-refractivity contribution in [3.63, 3.8) is 0 Å². The molecule has 0 aliphatic rings. The normalized spacial score (nSPS) is 14.3. The van der Waals surface area contributed by atoms with Crippen LogP contribution >= 0.6 is 11.6 Å². The molecule has 2 aromatic carbocycles. The minimum atomic E-state index is -4.51. The van der Waals surface area contributed by atoms with Gasteiger partial charge in [-0.1, -0.05) is 35.9 Å². The van der Waals surface area contributed by atoms with Crippen LogP contribution in [-0.4, -0.2) is 12.9 Å². The van der Waals surface area contributed by atoms with Crippen molar-refractivity contribution in [2.24, 2.45) is 0 Å². The fraction of sp³-hybridized carbons (Fsp3) is 0.235. The van der Waals surface area contributed by atoms with Crippen LogP contribution in [0.1, 0.15) is 23.6 Å². The van der Waals surface area contributed by atoms with E-state index in [1.54, 1.807) is 24.3 Å². The predicted molar refractivity (Wildman–Crippen MR) is 81.4 cm³/mol. The van der Waals surface area contributed by atoms with Crippen LogP contribution in [0.5, 0.6) is 0 Å². The number of methoxy groups -OCH3 is 1. The highest BCUT2D eigenvalue weighted by Crippen LogP contribution is 2.38. The Morgan fingerprint density at radius 3 is 2.04 bits per heavy atom. The molecule has 0 saturated carbocycles. The number of hydrogen-bond donors (Lipinski definition) is 0. The average molecular weight is 343 g/mol. The van der Waals surface area contributed by atoms with E-state index in [0.717, 1.165) is 12.1 Å². The van der Waals surface area contributed by atoms with E-state index in [2.05, 4.69) is 0 Å². The van der Waals surface area contributed by atoms with E-state index in [9.17, 15) is 18.0 Å². The van der Waals surface area contributed by atoms with Gasteiger partial charge >= 0.3 is 6.18 Å². The van der Waals surface area contributed by atoms with E-state index in [-0.39, 0.29) is 5.56 Å². The molecule has 0 amide bonds. The summed E-state index contributed by atoms with van der Waals surface area (Å²) in [5, 5.41) is 0.450. The van der Waals surface area contributed by atoms with E-state index in [4.69, 9.17) is 16.3 Å². The van der Waals surface area contributed by atoms with Gasteiger partial charge in [-0.25, -0.2) is 0 Å². The van der Waals surface area contributed by atoms with Gasteiger partial charge in [-0.2, -0.15) is 13.2 Å². The van der Waals surface area contributed by atoms with Gasteiger partial charge in [-0.05, 0) is 42.3 Å². The van der Waals surface area contributed by atoms with Gasteiger partial charge in [0, 0.05) is 12.1 Å². The summed E-state index contributed by atoms with van der Waals surface area (Å²) < 4.78 is 44.3. The highest BCUT2D eigenvalue weighted by molar-refractivity contribution is 6.30. The van der Waals surface area contributed by atoms with Crippen LogP contribution in [0.15, 0.2) is 48.5 Å². The molecule has 1 atom stereocenters. The maximum absolute atomic E-state index is 13.0. The maximum Gasteiger partial charge on any atom is 0.416 e. The largest absolute Gasteiger partial charge is 0.416 e. The van der Waals surface area contributed by atoms with Crippen LogP contribution in [0.2, 0.25) is 5.02 Å². The lowest BCUT2D eigenvalue weighted by Crippen LogP contribution is -2.37. The Balaban J connectivity index is 2.69. The van der Waals surface area contributed by atoms with Gasteiger partial charge in [0.2, 0.25) is 0 Å². The highest BCUT2D eigenvalue weighted by atomic mass is 35.5. The van der Waals surface area contributed by atoms with E-state index in [0.29, 0.717) is 10.6 Å². The number of halogens is 4. The van der Waals surface area contributed by atoms with Crippen LogP contribution < -0.4 is 0 Å². The van der Waals surface area contributed by atoms with Crippen molar-refractivity contribution >= 4 is 17.4 Å². The topological polar surface area (TPSA) is 26.3 Å². The van der Waals surface area contributed by atoms with E-state index < -0.39 is 23.1 Å². The van der Waals surface area contributed by atoms with Crippen LogP contribution in [0.3, 0.4) is 0 Å². The lowest BCUT2D eigenvalue weighted by Gasteiger charge is -2.31. The van der Waals surface area contributed by atoms with E-state index in [1.807, 2.05) is 0 Å². The molecule has 0 aliphatic carbocycles. The van der Waals surface area contributed by atoms with Crippen LogP contribution in [-0.2, 0) is 21.3 Å². The van der Waals surface area contributed by atoms with E-state index in [1.165, 1.54) is 26.2 Å². The number of carbonyl (C=O) groups is 1. The Hall–Kier alpha value is -1.85. The lowest BCUT2D eigenvalue weighted by atomic mass is 9.82. The van der Waals surface area contributed by atoms with Gasteiger partial charge in [-0.15, -0.1) is 0 Å². The number of hydrogen-bond acceptors (Lipinski definition) is 2. The molecule has 2 aromatic rings. The summed E-state index contributed by atoms with van der Waals surface area (Å²) in [6.07, 6.45) is -4.51. The van der Waals surface area contributed by atoms with Gasteiger partial charge in [-0.3, -0.25) is 4.79 Å². The standard InChI is InChI=1S/C17H14ClF3O2/c1-11(22)16(23-2,12-6-8-15(18)9-7-12)13-4-3-5-14(10-13)17(19,20)21/h3-10H,1-2H3. The average Bonchev–Trinajstić information content (AvgIpc) is 2.49. The SMILES string of the molecule is COC(C(C)=O)(c1ccc(Cl)cc1)c1cccc(C(F)(F)F)c1. The zero-order valence-electron chi connectivity index (χ0n) is 12.4. The molecule has 0 N–H and O–H groups in total. The van der Waals surface area contributed by atoms with E-state index >= 15 is 0 Å². The van der Waals surface area contributed by atoms with Gasteiger partial charge in [0.25, 0.3) is 0 Å².